The summed E-state index contributed by atoms with van der Waals surface area (Å²) in [6.45, 7) is 4.42. The van der Waals surface area contributed by atoms with E-state index in [0.29, 0.717) is 0 Å². The average molecular weight is 198 g/mol. The Balaban J connectivity index is 0.000000845. The Hall–Kier alpha value is -0.560. The van der Waals surface area contributed by atoms with Gasteiger partial charge in [0.2, 0.25) is 0 Å². The highest BCUT2D eigenvalue weighted by molar-refractivity contribution is 5.85. The van der Waals surface area contributed by atoms with Gasteiger partial charge in [0.1, 0.15) is 0 Å². The third kappa shape index (κ3) is 2.02. The lowest BCUT2D eigenvalue weighted by molar-refractivity contribution is 0.578. The molecule has 1 nitrogen and oxygen atoms in total. The number of fused-ring (bicyclic) bond motifs is 1. The summed E-state index contributed by atoms with van der Waals surface area (Å²) >= 11 is 0. The van der Waals surface area contributed by atoms with Gasteiger partial charge in [0, 0.05) is 11.9 Å². The van der Waals surface area contributed by atoms with Crippen molar-refractivity contribution in [1.82, 2.24) is 4.98 Å². The van der Waals surface area contributed by atoms with E-state index in [1.807, 2.05) is 6.20 Å². The molecule has 2 rings (SSSR count). The summed E-state index contributed by atoms with van der Waals surface area (Å²) in [6, 6.07) is 2.30. The summed E-state index contributed by atoms with van der Waals surface area (Å²) in [6.07, 6.45) is 5.80. The van der Waals surface area contributed by atoms with E-state index in [1.165, 1.54) is 36.1 Å². The Kier molecular flexibility index (Phi) is 3.32. The summed E-state index contributed by atoms with van der Waals surface area (Å²) in [5, 5.41) is 0. The van der Waals surface area contributed by atoms with Crippen molar-refractivity contribution in [3.8, 4) is 0 Å². The molecule has 0 N–H and O–H groups in total. The second-order valence-corrected chi connectivity index (χ2v) is 3.84. The Morgan fingerprint density at radius 3 is 3.00 bits per heavy atom. The first-order valence-electron chi connectivity index (χ1n) is 4.73. The number of hydrogen-bond donors (Lipinski definition) is 0. The molecule has 0 aliphatic heterocycles. The van der Waals surface area contributed by atoms with Crippen molar-refractivity contribution < 1.29 is 0 Å². The van der Waals surface area contributed by atoms with Crippen LogP contribution in [0.1, 0.15) is 42.5 Å². The molecule has 0 amide bonds. The van der Waals surface area contributed by atoms with Crippen LogP contribution >= 0.6 is 12.4 Å². The van der Waals surface area contributed by atoms with Crippen LogP contribution in [0.2, 0.25) is 0 Å². The van der Waals surface area contributed by atoms with Crippen molar-refractivity contribution in [3.63, 3.8) is 0 Å². The molecular formula is C11H16ClN. The number of rotatable bonds is 0. The molecule has 0 spiro atoms. The predicted molar refractivity (Wildman–Crippen MR) is 57.6 cm³/mol. The molecule has 1 aromatic heterocycles. The van der Waals surface area contributed by atoms with Crippen LogP contribution in [0.5, 0.6) is 0 Å². The molecule has 1 unspecified atom stereocenters. The maximum absolute atomic E-state index is 4.47. The molecule has 0 radical (unpaired) electrons. The van der Waals surface area contributed by atoms with Gasteiger partial charge in [-0.25, -0.2) is 0 Å². The first-order chi connectivity index (χ1) is 5.77. The fourth-order valence-corrected chi connectivity index (χ4v) is 1.99. The van der Waals surface area contributed by atoms with Crippen molar-refractivity contribution in [3.05, 3.63) is 29.1 Å². The van der Waals surface area contributed by atoms with Crippen molar-refractivity contribution in [2.45, 2.75) is 39.0 Å². The molecule has 1 atom stereocenters. The van der Waals surface area contributed by atoms with Gasteiger partial charge in [-0.3, -0.25) is 4.98 Å². The van der Waals surface area contributed by atoms with Crippen LogP contribution in [0, 0.1) is 6.92 Å². The Morgan fingerprint density at radius 2 is 2.23 bits per heavy atom. The molecule has 0 fully saturated rings. The molecule has 72 valence electrons. The van der Waals surface area contributed by atoms with Gasteiger partial charge in [0.15, 0.2) is 0 Å². The maximum atomic E-state index is 4.47. The monoisotopic (exact) mass is 197 g/mol. The molecule has 0 aromatic carbocycles. The lowest BCUT2D eigenvalue weighted by Gasteiger charge is -2.21. The smallest absolute Gasteiger partial charge is 0.0438 e. The molecule has 2 heteroatoms. The first kappa shape index (κ1) is 10.5. The standard InChI is InChI=1S/C11H15N.ClH/c1-8-6-10-9(2)4-3-5-11(10)12-7-8;/h6-7,9H,3-5H2,1-2H3;1H. The molecule has 0 saturated heterocycles. The van der Waals surface area contributed by atoms with Gasteiger partial charge in [-0.05, 0) is 43.2 Å². The molecule has 1 aliphatic rings. The Labute approximate surface area is 86.0 Å². The van der Waals surface area contributed by atoms with Crippen molar-refractivity contribution in [1.29, 1.82) is 0 Å². The number of nitrogens with zero attached hydrogens (tertiary/aromatic N) is 1. The average Bonchev–Trinajstić information content (AvgIpc) is 2.07. The van der Waals surface area contributed by atoms with Crippen molar-refractivity contribution in [2.24, 2.45) is 0 Å². The maximum Gasteiger partial charge on any atom is 0.0438 e. The molecular weight excluding hydrogens is 182 g/mol. The highest BCUT2D eigenvalue weighted by Crippen LogP contribution is 2.29. The van der Waals surface area contributed by atoms with Crippen LogP contribution in [0.15, 0.2) is 12.3 Å². The lowest BCUT2D eigenvalue weighted by atomic mass is 9.86. The Morgan fingerprint density at radius 1 is 1.46 bits per heavy atom. The van der Waals surface area contributed by atoms with Crippen LogP contribution in [0.3, 0.4) is 0 Å². The largest absolute Gasteiger partial charge is 0.261 e. The molecule has 0 bridgehead atoms. The highest BCUT2D eigenvalue weighted by Gasteiger charge is 2.16. The van der Waals surface area contributed by atoms with E-state index in [0.717, 1.165) is 5.92 Å². The fraction of sp³-hybridized carbons (Fsp3) is 0.545. The minimum absolute atomic E-state index is 0. The van der Waals surface area contributed by atoms with E-state index in [2.05, 4.69) is 24.9 Å². The zero-order valence-electron chi connectivity index (χ0n) is 8.21. The molecule has 0 saturated carbocycles. The zero-order valence-corrected chi connectivity index (χ0v) is 9.03. The van der Waals surface area contributed by atoms with Gasteiger partial charge in [0.25, 0.3) is 0 Å². The topological polar surface area (TPSA) is 12.9 Å². The van der Waals surface area contributed by atoms with Crippen LogP contribution in [0.25, 0.3) is 0 Å². The molecule has 1 heterocycles. The van der Waals surface area contributed by atoms with Gasteiger partial charge >= 0.3 is 0 Å². The minimum atomic E-state index is 0. The summed E-state index contributed by atoms with van der Waals surface area (Å²) in [7, 11) is 0. The molecule has 1 aliphatic carbocycles. The van der Waals surface area contributed by atoms with E-state index in [4.69, 9.17) is 0 Å². The van der Waals surface area contributed by atoms with Crippen LogP contribution in [-0.2, 0) is 6.42 Å². The summed E-state index contributed by atoms with van der Waals surface area (Å²) < 4.78 is 0. The van der Waals surface area contributed by atoms with E-state index in [1.54, 1.807) is 0 Å². The van der Waals surface area contributed by atoms with Gasteiger partial charge in [-0.2, -0.15) is 0 Å². The third-order valence-electron chi connectivity index (χ3n) is 2.72. The normalized spacial score (nSPS) is 20.3. The van der Waals surface area contributed by atoms with E-state index >= 15 is 0 Å². The highest BCUT2D eigenvalue weighted by atomic mass is 35.5. The first-order valence-corrected chi connectivity index (χ1v) is 4.73. The number of hydrogen-bond acceptors (Lipinski definition) is 1. The minimum Gasteiger partial charge on any atom is -0.261 e. The van der Waals surface area contributed by atoms with E-state index in [9.17, 15) is 0 Å². The number of aromatic nitrogens is 1. The Bertz CT molecular complexity index is 296. The quantitative estimate of drug-likeness (QED) is 0.622. The molecule has 1 aromatic rings. The van der Waals surface area contributed by atoms with E-state index in [-0.39, 0.29) is 12.4 Å². The fourth-order valence-electron chi connectivity index (χ4n) is 1.99. The number of aryl methyl sites for hydroxylation is 2. The van der Waals surface area contributed by atoms with Gasteiger partial charge in [-0.1, -0.05) is 13.0 Å². The third-order valence-corrected chi connectivity index (χ3v) is 2.72. The van der Waals surface area contributed by atoms with Crippen LogP contribution in [0.4, 0.5) is 0 Å². The SMILES string of the molecule is Cc1cnc2c(c1)C(C)CCC2.Cl. The number of pyridine rings is 1. The summed E-state index contributed by atoms with van der Waals surface area (Å²) in [5.41, 5.74) is 4.11. The number of halogens is 1. The van der Waals surface area contributed by atoms with Crippen molar-refractivity contribution >= 4 is 12.4 Å². The predicted octanol–water partition coefficient (Wildman–Crippen LogP) is 3.25. The molecule has 13 heavy (non-hydrogen) atoms. The van der Waals surface area contributed by atoms with E-state index < -0.39 is 0 Å². The van der Waals surface area contributed by atoms with Crippen molar-refractivity contribution in [2.75, 3.05) is 0 Å². The van der Waals surface area contributed by atoms with Gasteiger partial charge in [0.05, 0.1) is 0 Å². The second kappa shape index (κ2) is 4.10. The summed E-state index contributed by atoms with van der Waals surface area (Å²) in [4.78, 5) is 4.47. The van der Waals surface area contributed by atoms with Crippen LogP contribution in [-0.4, -0.2) is 4.98 Å². The zero-order chi connectivity index (χ0) is 8.55. The second-order valence-electron chi connectivity index (χ2n) is 3.84. The van der Waals surface area contributed by atoms with Gasteiger partial charge in [-0.15, -0.1) is 12.4 Å². The van der Waals surface area contributed by atoms with Gasteiger partial charge < -0.3 is 0 Å². The van der Waals surface area contributed by atoms with Crippen LogP contribution < -0.4 is 0 Å². The summed E-state index contributed by atoms with van der Waals surface area (Å²) in [5.74, 6) is 0.723. The lowest BCUT2D eigenvalue weighted by Crippen LogP contribution is -2.09.